The lowest BCUT2D eigenvalue weighted by Crippen LogP contribution is -2.47. The van der Waals surface area contributed by atoms with Gasteiger partial charge < -0.3 is 15.2 Å². The van der Waals surface area contributed by atoms with Gasteiger partial charge in [0.1, 0.15) is 5.75 Å². The summed E-state index contributed by atoms with van der Waals surface area (Å²) in [6, 6.07) is 11.2. The first-order chi connectivity index (χ1) is 14.8. The van der Waals surface area contributed by atoms with Crippen LogP contribution < -0.4 is 5.32 Å². The van der Waals surface area contributed by atoms with Crippen LogP contribution in [0, 0.1) is 0 Å². The summed E-state index contributed by atoms with van der Waals surface area (Å²) in [4.78, 5) is 25.7. The van der Waals surface area contributed by atoms with Gasteiger partial charge in [0.25, 0.3) is 0 Å². The highest BCUT2D eigenvalue weighted by atomic mass is 35.5. The van der Waals surface area contributed by atoms with Gasteiger partial charge in [-0.25, -0.2) is 4.79 Å². The van der Waals surface area contributed by atoms with Crippen molar-refractivity contribution in [3.63, 3.8) is 0 Å². The predicted molar refractivity (Wildman–Crippen MR) is 119 cm³/mol. The second-order valence-electron chi connectivity index (χ2n) is 7.10. The van der Waals surface area contributed by atoms with E-state index >= 15 is 0 Å². The molecule has 31 heavy (non-hydrogen) atoms. The van der Waals surface area contributed by atoms with Gasteiger partial charge in [-0.2, -0.15) is 0 Å². The number of amides is 1. The first-order valence-electron chi connectivity index (χ1n) is 9.58. The zero-order chi connectivity index (χ0) is 22.4. The Morgan fingerprint density at radius 1 is 1.16 bits per heavy atom. The molecule has 2 atom stereocenters. The van der Waals surface area contributed by atoms with E-state index in [4.69, 9.17) is 33.0 Å². The van der Waals surface area contributed by atoms with Crippen LogP contribution in [0.1, 0.15) is 15.9 Å². The lowest BCUT2D eigenvalue weighted by molar-refractivity contribution is -0.119. The number of halogens is 2. The van der Waals surface area contributed by atoms with E-state index in [9.17, 15) is 13.8 Å². The molecule has 2 aromatic rings. The van der Waals surface area contributed by atoms with Crippen LogP contribution in [0.5, 0.6) is 0 Å². The third-order valence-electron chi connectivity index (χ3n) is 4.77. The zero-order valence-electron chi connectivity index (χ0n) is 16.6. The summed E-state index contributed by atoms with van der Waals surface area (Å²) in [5.41, 5.74) is 1.15. The number of rotatable bonds is 8. The molecule has 10 heteroatoms. The maximum absolute atomic E-state index is 12.3. The summed E-state index contributed by atoms with van der Waals surface area (Å²) in [6.45, 7) is 2.96. The molecule has 0 bridgehead atoms. The van der Waals surface area contributed by atoms with E-state index in [1.54, 1.807) is 6.07 Å². The SMILES string of the molecule is O=C(CS(=O)c1ccc(C(=O)O)cc1)NCC1CN(Cc2ccc(Cl)c(Cl)c2)CCO1. The Kier molecular flexibility index (Phi) is 8.45. The number of morpholine rings is 1. The van der Waals surface area contributed by atoms with Crippen LogP contribution in [0.4, 0.5) is 0 Å². The molecule has 1 aliphatic rings. The van der Waals surface area contributed by atoms with Gasteiger partial charge in [0.2, 0.25) is 5.91 Å². The number of nitrogens with one attached hydrogen (secondary N) is 1. The zero-order valence-corrected chi connectivity index (χ0v) is 18.9. The maximum atomic E-state index is 12.3. The minimum atomic E-state index is -1.56. The Hall–Kier alpha value is -1.97. The molecule has 1 amide bonds. The molecule has 0 radical (unpaired) electrons. The van der Waals surface area contributed by atoms with E-state index in [0.29, 0.717) is 41.2 Å². The number of hydrogen-bond acceptors (Lipinski definition) is 5. The molecular weight excluding hydrogens is 463 g/mol. The molecule has 0 aliphatic carbocycles. The fourth-order valence-corrected chi connectivity index (χ4v) is 4.44. The summed E-state index contributed by atoms with van der Waals surface area (Å²) in [7, 11) is -1.56. The molecule has 1 saturated heterocycles. The molecule has 2 unspecified atom stereocenters. The van der Waals surface area contributed by atoms with Crippen molar-refractivity contribution in [1.82, 2.24) is 10.2 Å². The van der Waals surface area contributed by atoms with Crippen molar-refractivity contribution in [2.24, 2.45) is 0 Å². The second-order valence-corrected chi connectivity index (χ2v) is 9.37. The minimum Gasteiger partial charge on any atom is -0.478 e. The number of nitrogens with zero attached hydrogens (tertiary/aromatic N) is 1. The molecule has 0 spiro atoms. The van der Waals surface area contributed by atoms with Crippen LogP contribution in [-0.2, 0) is 26.9 Å². The number of carboxylic acids is 1. The fraction of sp³-hybridized carbons (Fsp3) is 0.333. The van der Waals surface area contributed by atoms with Crippen LogP contribution in [0.15, 0.2) is 47.4 Å². The summed E-state index contributed by atoms with van der Waals surface area (Å²) in [6.07, 6.45) is -0.177. The standard InChI is InChI=1S/C21H22Cl2N2O5S/c22-18-6-1-14(9-19(18)23)11-25-7-8-30-16(12-25)10-24-20(26)13-31(29)17-4-2-15(3-5-17)21(27)28/h1-6,9,16H,7-8,10-13H2,(H,24,26)(H,27,28). The Labute approximate surface area is 192 Å². The maximum Gasteiger partial charge on any atom is 0.335 e. The molecular formula is C21H22Cl2N2O5S. The van der Waals surface area contributed by atoms with Gasteiger partial charge in [-0.15, -0.1) is 0 Å². The highest BCUT2D eigenvalue weighted by Crippen LogP contribution is 2.23. The summed E-state index contributed by atoms with van der Waals surface area (Å²) in [5, 5.41) is 12.7. The van der Waals surface area contributed by atoms with Crippen molar-refractivity contribution >= 4 is 45.9 Å². The van der Waals surface area contributed by atoms with Gasteiger partial charge >= 0.3 is 5.97 Å². The highest BCUT2D eigenvalue weighted by molar-refractivity contribution is 7.85. The van der Waals surface area contributed by atoms with Crippen molar-refractivity contribution in [2.75, 3.05) is 32.0 Å². The largest absolute Gasteiger partial charge is 0.478 e. The quantitative estimate of drug-likeness (QED) is 0.597. The van der Waals surface area contributed by atoms with E-state index in [-0.39, 0.29) is 23.3 Å². The molecule has 1 aliphatic heterocycles. The average Bonchev–Trinajstić information content (AvgIpc) is 2.75. The van der Waals surface area contributed by atoms with Gasteiger partial charge in [-0.1, -0.05) is 29.3 Å². The minimum absolute atomic E-state index is 0.102. The molecule has 2 N–H and O–H groups in total. The number of hydrogen-bond donors (Lipinski definition) is 2. The lowest BCUT2D eigenvalue weighted by Gasteiger charge is -2.33. The fourth-order valence-electron chi connectivity index (χ4n) is 3.17. The highest BCUT2D eigenvalue weighted by Gasteiger charge is 2.22. The van der Waals surface area contributed by atoms with E-state index in [1.807, 2.05) is 12.1 Å². The van der Waals surface area contributed by atoms with Crippen LogP contribution in [0.2, 0.25) is 10.0 Å². The molecule has 7 nitrogen and oxygen atoms in total. The van der Waals surface area contributed by atoms with Gasteiger partial charge in [0, 0.05) is 31.1 Å². The number of carbonyl (C=O) groups excluding carboxylic acids is 1. The van der Waals surface area contributed by atoms with Crippen LogP contribution in [-0.4, -0.2) is 64.2 Å². The Morgan fingerprint density at radius 2 is 1.90 bits per heavy atom. The smallest absolute Gasteiger partial charge is 0.335 e. The van der Waals surface area contributed by atoms with Crippen LogP contribution >= 0.6 is 23.2 Å². The summed E-state index contributed by atoms with van der Waals surface area (Å²) in [5.74, 6) is -1.62. The topological polar surface area (TPSA) is 95.9 Å². The monoisotopic (exact) mass is 484 g/mol. The molecule has 3 rings (SSSR count). The molecule has 1 heterocycles. The third-order valence-corrected chi connectivity index (χ3v) is 6.83. The number of ether oxygens (including phenoxy) is 1. The predicted octanol–water partition coefficient (Wildman–Crippen LogP) is 2.82. The van der Waals surface area contributed by atoms with Crippen molar-refractivity contribution in [3.8, 4) is 0 Å². The molecule has 0 aromatic heterocycles. The Bertz CT molecular complexity index is 971. The second kappa shape index (κ2) is 11.1. The van der Waals surface area contributed by atoms with Crippen molar-refractivity contribution in [3.05, 3.63) is 63.6 Å². The van der Waals surface area contributed by atoms with Gasteiger partial charge in [-0.05, 0) is 42.0 Å². The van der Waals surface area contributed by atoms with E-state index in [0.717, 1.165) is 12.1 Å². The summed E-state index contributed by atoms with van der Waals surface area (Å²) >= 11 is 12.0. The summed E-state index contributed by atoms with van der Waals surface area (Å²) < 4.78 is 18.1. The van der Waals surface area contributed by atoms with Gasteiger partial charge in [0.05, 0.1) is 39.1 Å². The molecule has 0 saturated carbocycles. The number of aromatic carboxylic acids is 1. The first-order valence-corrected chi connectivity index (χ1v) is 11.7. The third kappa shape index (κ3) is 7.02. The van der Waals surface area contributed by atoms with Gasteiger partial charge in [0.15, 0.2) is 0 Å². The van der Waals surface area contributed by atoms with E-state index < -0.39 is 16.8 Å². The van der Waals surface area contributed by atoms with E-state index in [1.165, 1.54) is 24.3 Å². The Morgan fingerprint density at radius 3 is 2.58 bits per heavy atom. The Balaban J connectivity index is 1.45. The van der Waals surface area contributed by atoms with Gasteiger partial charge in [-0.3, -0.25) is 13.9 Å². The normalized spacial score (nSPS) is 17.8. The molecule has 1 fully saturated rings. The molecule has 2 aromatic carbocycles. The van der Waals surface area contributed by atoms with Crippen LogP contribution in [0.25, 0.3) is 0 Å². The van der Waals surface area contributed by atoms with Crippen molar-refractivity contribution in [2.45, 2.75) is 17.5 Å². The number of carboxylic acid groups (broad SMARTS) is 1. The van der Waals surface area contributed by atoms with E-state index in [2.05, 4.69) is 10.2 Å². The molecule has 166 valence electrons. The van der Waals surface area contributed by atoms with Crippen molar-refractivity contribution < 1.29 is 23.6 Å². The lowest BCUT2D eigenvalue weighted by atomic mass is 10.2. The average molecular weight is 485 g/mol. The number of benzene rings is 2. The van der Waals surface area contributed by atoms with Crippen molar-refractivity contribution in [1.29, 1.82) is 0 Å². The van der Waals surface area contributed by atoms with Crippen LogP contribution in [0.3, 0.4) is 0 Å². The number of carbonyl (C=O) groups is 2. The first kappa shape index (κ1) is 23.7.